The summed E-state index contributed by atoms with van der Waals surface area (Å²) in [5, 5.41) is 0. The van der Waals surface area contributed by atoms with E-state index in [1.165, 1.54) is 38.5 Å². The third-order valence-corrected chi connectivity index (χ3v) is 4.53. The molecular formula is C20H40N2O3. The molecule has 0 saturated carbocycles. The molecule has 0 unspecified atom stereocenters. The van der Waals surface area contributed by atoms with E-state index in [0.29, 0.717) is 19.4 Å². The molecule has 0 spiro atoms. The molecule has 0 amide bonds. The number of hydrogen-bond acceptors (Lipinski definition) is 5. The van der Waals surface area contributed by atoms with E-state index in [9.17, 15) is 9.59 Å². The maximum absolute atomic E-state index is 12.1. The van der Waals surface area contributed by atoms with Crippen LogP contribution in [-0.2, 0) is 14.3 Å². The summed E-state index contributed by atoms with van der Waals surface area (Å²) in [7, 11) is 3.67. The van der Waals surface area contributed by atoms with Crippen LogP contribution in [0.1, 0.15) is 90.4 Å². The highest BCUT2D eigenvalue weighted by Gasteiger charge is 2.24. The molecule has 0 aliphatic rings. The first kappa shape index (κ1) is 24.1. The third-order valence-electron chi connectivity index (χ3n) is 4.53. The molecule has 0 bridgehead atoms. The van der Waals surface area contributed by atoms with Crippen LogP contribution in [0.5, 0.6) is 0 Å². The second-order valence-electron chi connectivity index (χ2n) is 7.14. The molecule has 0 aromatic carbocycles. The number of unbranched alkanes of at least 4 members (excludes halogenated alkanes) is 9. The molecule has 0 aliphatic heterocycles. The van der Waals surface area contributed by atoms with Gasteiger partial charge in [-0.05, 0) is 39.9 Å². The van der Waals surface area contributed by atoms with Gasteiger partial charge in [0.05, 0.1) is 0 Å². The van der Waals surface area contributed by atoms with Gasteiger partial charge < -0.3 is 10.5 Å². The summed E-state index contributed by atoms with van der Waals surface area (Å²) >= 11 is 0. The fraction of sp³-hybridized carbons (Fsp3) is 0.900. The lowest BCUT2D eigenvalue weighted by atomic mass is 10.1. The number of rotatable bonds is 16. The molecule has 0 heterocycles. The molecule has 0 saturated heterocycles. The van der Waals surface area contributed by atoms with Gasteiger partial charge >= 0.3 is 11.9 Å². The lowest BCUT2D eigenvalue weighted by Crippen LogP contribution is -2.38. The molecule has 5 nitrogen and oxygen atoms in total. The maximum atomic E-state index is 12.1. The van der Waals surface area contributed by atoms with Crippen LogP contribution < -0.4 is 5.73 Å². The fourth-order valence-electron chi connectivity index (χ4n) is 2.88. The first-order valence-electron chi connectivity index (χ1n) is 10.1. The van der Waals surface area contributed by atoms with E-state index in [0.717, 1.165) is 32.1 Å². The van der Waals surface area contributed by atoms with E-state index in [1.54, 1.807) is 0 Å². The fourth-order valence-corrected chi connectivity index (χ4v) is 2.88. The SMILES string of the molecule is CCCCCCCCCCCC(=O)OC(=O)[C@H](CCCCN)N(C)C. The number of nitrogens with two attached hydrogens (primary N) is 1. The minimum Gasteiger partial charge on any atom is -0.392 e. The first-order chi connectivity index (χ1) is 12.0. The van der Waals surface area contributed by atoms with E-state index < -0.39 is 11.9 Å². The summed E-state index contributed by atoms with van der Waals surface area (Å²) in [4.78, 5) is 25.8. The van der Waals surface area contributed by atoms with Gasteiger partial charge in [-0.3, -0.25) is 9.69 Å². The number of carbonyl (C=O) groups excluding carboxylic acids is 2. The van der Waals surface area contributed by atoms with Crippen molar-refractivity contribution in [2.24, 2.45) is 5.73 Å². The number of likely N-dealkylation sites (N-methyl/N-ethyl adjacent to an activating group) is 1. The van der Waals surface area contributed by atoms with Crippen LogP contribution >= 0.6 is 0 Å². The van der Waals surface area contributed by atoms with Crippen molar-refractivity contribution in [2.45, 2.75) is 96.4 Å². The Hall–Kier alpha value is -0.940. The van der Waals surface area contributed by atoms with E-state index in [4.69, 9.17) is 10.5 Å². The van der Waals surface area contributed by atoms with Gasteiger partial charge in [0.25, 0.3) is 0 Å². The normalized spacial score (nSPS) is 12.4. The number of esters is 2. The van der Waals surface area contributed by atoms with Gasteiger partial charge in [-0.15, -0.1) is 0 Å². The Kier molecular flexibility index (Phi) is 15.9. The Balaban J connectivity index is 3.79. The van der Waals surface area contributed by atoms with E-state index >= 15 is 0 Å². The van der Waals surface area contributed by atoms with Crippen molar-refractivity contribution < 1.29 is 14.3 Å². The highest BCUT2D eigenvalue weighted by Crippen LogP contribution is 2.12. The minimum atomic E-state index is -0.428. The molecule has 0 aliphatic carbocycles. The highest BCUT2D eigenvalue weighted by atomic mass is 16.6. The van der Waals surface area contributed by atoms with Gasteiger partial charge in [-0.1, -0.05) is 64.7 Å². The molecule has 0 aromatic heterocycles. The minimum absolute atomic E-state index is 0.338. The van der Waals surface area contributed by atoms with Gasteiger partial charge in [0.15, 0.2) is 0 Å². The average molecular weight is 357 g/mol. The van der Waals surface area contributed by atoms with Crippen molar-refractivity contribution in [1.29, 1.82) is 0 Å². The maximum Gasteiger partial charge on any atom is 0.330 e. The van der Waals surface area contributed by atoms with Crippen LogP contribution in [0, 0.1) is 0 Å². The van der Waals surface area contributed by atoms with E-state index in [1.807, 2.05) is 19.0 Å². The molecular weight excluding hydrogens is 316 g/mol. The van der Waals surface area contributed by atoms with Crippen molar-refractivity contribution >= 4 is 11.9 Å². The zero-order valence-electron chi connectivity index (χ0n) is 16.7. The molecule has 148 valence electrons. The lowest BCUT2D eigenvalue weighted by Gasteiger charge is -2.21. The second kappa shape index (κ2) is 16.5. The predicted octanol–water partition coefficient (Wildman–Crippen LogP) is 4.04. The summed E-state index contributed by atoms with van der Waals surface area (Å²) < 4.78 is 5.03. The van der Waals surface area contributed by atoms with Crippen LogP contribution in [-0.4, -0.2) is 43.5 Å². The standard InChI is InChI=1S/C20H40N2O3/c1-4-5-6-7-8-9-10-11-12-16-19(23)25-20(24)18(22(2)3)15-13-14-17-21/h18H,4-17,21H2,1-3H3/t18-/m0/s1. The predicted molar refractivity (Wildman–Crippen MR) is 103 cm³/mol. The van der Waals surface area contributed by atoms with Crippen LogP contribution in [0.25, 0.3) is 0 Å². The van der Waals surface area contributed by atoms with E-state index in [-0.39, 0.29) is 6.04 Å². The third kappa shape index (κ3) is 14.0. The molecule has 0 radical (unpaired) electrons. The Morgan fingerprint density at radius 3 is 1.96 bits per heavy atom. The molecule has 0 aromatic rings. The van der Waals surface area contributed by atoms with Crippen molar-refractivity contribution in [3.63, 3.8) is 0 Å². The van der Waals surface area contributed by atoms with Gasteiger partial charge in [-0.2, -0.15) is 0 Å². The first-order valence-corrected chi connectivity index (χ1v) is 10.1. The molecule has 25 heavy (non-hydrogen) atoms. The number of hydrogen-bond donors (Lipinski definition) is 1. The summed E-state index contributed by atoms with van der Waals surface area (Å²) in [6.07, 6.45) is 13.5. The highest BCUT2D eigenvalue weighted by molar-refractivity contribution is 5.88. The topological polar surface area (TPSA) is 72.6 Å². The number of carbonyl (C=O) groups is 2. The monoisotopic (exact) mass is 356 g/mol. The van der Waals surface area contributed by atoms with Crippen LogP contribution in [0.15, 0.2) is 0 Å². The van der Waals surface area contributed by atoms with E-state index in [2.05, 4.69) is 6.92 Å². The Morgan fingerprint density at radius 2 is 1.44 bits per heavy atom. The summed E-state index contributed by atoms with van der Waals surface area (Å²) in [5.41, 5.74) is 5.48. The Labute approximate surface area is 154 Å². The van der Waals surface area contributed by atoms with Crippen LogP contribution in [0.4, 0.5) is 0 Å². The molecule has 5 heteroatoms. The van der Waals surface area contributed by atoms with Gasteiger partial charge in [0, 0.05) is 6.42 Å². The van der Waals surface area contributed by atoms with Crippen molar-refractivity contribution in [2.75, 3.05) is 20.6 Å². The smallest absolute Gasteiger partial charge is 0.330 e. The quantitative estimate of drug-likeness (QED) is 0.257. The zero-order valence-corrected chi connectivity index (χ0v) is 16.7. The molecule has 1 atom stereocenters. The lowest BCUT2D eigenvalue weighted by molar-refractivity contribution is -0.163. The molecule has 0 fully saturated rings. The van der Waals surface area contributed by atoms with Gasteiger partial charge in [-0.25, -0.2) is 4.79 Å². The zero-order chi connectivity index (χ0) is 18.9. The summed E-state index contributed by atoms with van der Waals surface area (Å²) in [6.45, 7) is 2.84. The Morgan fingerprint density at radius 1 is 0.880 bits per heavy atom. The second-order valence-corrected chi connectivity index (χ2v) is 7.14. The number of nitrogens with zero attached hydrogens (tertiary/aromatic N) is 1. The van der Waals surface area contributed by atoms with Gasteiger partial charge in [0.2, 0.25) is 0 Å². The number of ether oxygens (including phenoxy) is 1. The van der Waals surface area contributed by atoms with Crippen molar-refractivity contribution in [3.8, 4) is 0 Å². The van der Waals surface area contributed by atoms with Crippen LogP contribution in [0.2, 0.25) is 0 Å². The summed E-state index contributed by atoms with van der Waals surface area (Å²) in [5.74, 6) is -0.818. The van der Waals surface area contributed by atoms with Crippen LogP contribution in [0.3, 0.4) is 0 Å². The molecule has 2 N–H and O–H groups in total. The average Bonchev–Trinajstić information content (AvgIpc) is 2.56. The Bertz CT molecular complexity index is 346. The summed E-state index contributed by atoms with van der Waals surface area (Å²) in [6, 6.07) is -0.362. The largest absolute Gasteiger partial charge is 0.392 e. The molecule has 0 rings (SSSR count). The van der Waals surface area contributed by atoms with Crippen molar-refractivity contribution in [1.82, 2.24) is 4.90 Å². The van der Waals surface area contributed by atoms with Gasteiger partial charge in [0.1, 0.15) is 6.04 Å². The van der Waals surface area contributed by atoms with Crippen molar-refractivity contribution in [3.05, 3.63) is 0 Å².